The van der Waals surface area contributed by atoms with E-state index in [2.05, 4.69) is 15.0 Å². The minimum atomic E-state index is -3.67. The van der Waals surface area contributed by atoms with Gasteiger partial charge in [0.05, 0.1) is 19.3 Å². The van der Waals surface area contributed by atoms with Crippen molar-refractivity contribution in [2.45, 2.75) is 25.3 Å². The van der Waals surface area contributed by atoms with Gasteiger partial charge in [0.25, 0.3) is 0 Å². The van der Waals surface area contributed by atoms with Crippen LogP contribution in [0.5, 0.6) is 5.75 Å². The first-order chi connectivity index (χ1) is 10.4. The Morgan fingerprint density at radius 3 is 2.55 bits per heavy atom. The summed E-state index contributed by atoms with van der Waals surface area (Å²) in [4.78, 5) is 4.39. The maximum Gasteiger partial charge on any atom is 0.244 e. The topological polar surface area (TPSA) is 80.3 Å². The van der Waals surface area contributed by atoms with Crippen molar-refractivity contribution in [1.82, 2.24) is 9.71 Å². The minimum absolute atomic E-state index is 0.136. The van der Waals surface area contributed by atoms with Gasteiger partial charge in [-0.3, -0.25) is 0 Å². The van der Waals surface area contributed by atoms with Gasteiger partial charge in [-0.15, -0.1) is 11.3 Å². The molecule has 8 heteroatoms. The number of ether oxygens (including phenoxy) is 1. The third-order valence-electron chi connectivity index (χ3n) is 3.28. The van der Waals surface area contributed by atoms with Gasteiger partial charge in [0.2, 0.25) is 10.0 Å². The van der Waals surface area contributed by atoms with Gasteiger partial charge in [-0.2, -0.15) is 0 Å². The predicted octanol–water partition coefficient (Wildman–Crippen LogP) is 2.29. The molecule has 0 bridgehead atoms. The van der Waals surface area contributed by atoms with Crippen LogP contribution < -0.4 is 14.8 Å². The lowest BCUT2D eigenvalue weighted by Gasteiger charge is -2.12. The second kappa shape index (κ2) is 6.64. The molecule has 2 N–H and O–H groups in total. The highest BCUT2D eigenvalue weighted by Crippen LogP contribution is 2.27. The molecule has 0 aliphatic heterocycles. The molecule has 0 atom stereocenters. The Kier molecular flexibility index (Phi) is 5.05. The van der Waals surface area contributed by atoms with Crippen LogP contribution in [0.25, 0.3) is 0 Å². The van der Waals surface area contributed by atoms with Crippen molar-refractivity contribution in [3.63, 3.8) is 0 Å². The average molecular weight is 341 g/mol. The van der Waals surface area contributed by atoms with Crippen LogP contribution in [0.1, 0.15) is 16.8 Å². The van der Waals surface area contributed by atoms with E-state index in [1.807, 2.05) is 19.2 Å². The zero-order valence-electron chi connectivity index (χ0n) is 12.9. The molecule has 0 spiro atoms. The van der Waals surface area contributed by atoms with E-state index in [1.165, 1.54) is 18.4 Å². The molecule has 0 amide bonds. The Bertz CT molecular complexity index is 770. The standard InChI is InChI=1S/C14H19N3O3S2/c1-9-5-12(20-4)13(6-10(9)2)22(18,19)16-7-11-8-21-14(15-3)17-11/h5-6,8,16H,7H2,1-4H3,(H,15,17). The molecule has 0 saturated heterocycles. The van der Waals surface area contributed by atoms with Gasteiger partial charge in [-0.25, -0.2) is 18.1 Å². The lowest BCUT2D eigenvalue weighted by molar-refractivity contribution is 0.401. The van der Waals surface area contributed by atoms with E-state index in [0.29, 0.717) is 11.4 Å². The summed E-state index contributed by atoms with van der Waals surface area (Å²) in [6, 6.07) is 3.35. The van der Waals surface area contributed by atoms with Gasteiger partial charge < -0.3 is 10.1 Å². The maximum absolute atomic E-state index is 12.5. The Morgan fingerprint density at radius 1 is 1.27 bits per heavy atom. The molecule has 0 radical (unpaired) electrons. The number of methoxy groups -OCH3 is 1. The first kappa shape index (κ1) is 16.7. The van der Waals surface area contributed by atoms with Crippen molar-refractivity contribution in [2.75, 3.05) is 19.5 Å². The number of nitrogens with zero attached hydrogens (tertiary/aromatic N) is 1. The van der Waals surface area contributed by atoms with Crippen molar-refractivity contribution in [3.05, 3.63) is 34.3 Å². The first-order valence-electron chi connectivity index (χ1n) is 6.64. The summed E-state index contributed by atoms with van der Waals surface area (Å²) < 4.78 is 32.7. The first-order valence-corrected chi connectivity index (χ1v) is 9.00. The number of aromatic nitrogens is 1. The van der Waals surface area contributed by atoms with E-state index in [0.717, 1.165) is 16.3 Å². The molecule has 22 heavy (non-hydrogen) atoms. The van der Waals surface area contributed by atoms with E-state index in [1.54, 1.807) is 19.2 Å². The predicted molar refractivity (Wildman–Crippen MR) is 88.2 cm³/mol. The molecule has 120 valence electrons. The molecule has 1 aromatic carbocycles. The normalized spacial score (nSPS) is 11.5. The molecule has 0 saturated carbocycles. The lowest BCUT2D eigenvalue weighted by atomic mass is 10.1. The highest BCUT2D eigenvalue weighted by molar-refractivity contribution is 7.89. The summed E-state index contributed by atoms with van der Waals surface area (Å²) >= 11 is 1.43. The SMILES string of the molecule is CNc1nc(CNS(=O)(=O)c2cc(C)c(C)cc2OC)cs1. The monoisotopic (exact) mass is 341 g/mol. The fraction of sp³-hybridized carbons (Fsp3) is 0.357. The van der Waals surface area contributed by atoms with Crippen molar-refractivity contribution < 1.29 is 13.2 Å². The fourth-order valence-electron chi connectivity index (χ4n) is 1.88. The highest BCUT2D eigenvalue weighted by Gasteiger charge is 2.20. The van der Waals surface area contributed by atoms with E-state index in [-0.39, 0.29) is 11.4 Å². The van der Waals surface area contributed by atoms with Gasteiger partial charge in [0.15, 0.2) is 5.13 Å². The number of anilines is 1. The highest BCUT2D eigenvalue weighted by atomic mass is 32.2. The zero-order chi connectivity index (χ0) is 16.3. The van der Waals surface area contributed by atoms with Crippen LogP contribution in [-0.4, -0.2) is 27.6 Å². The van der Waals surface area contributed by atoms with E-state index < -0.39 is 10.0 Å². The fourth-order valence-corrected chi connectivity index (χ4v) is 3.79. The lowest BCUT2D eigenvalue weighted by Crippen LogP contribution is -2.24. The number of sulfonamides is 1. The van der Waals surface area contributed by atoms with E-state index >= 15 is 0 Å². The van der Waals surface area contributed by atoms with Gasteiger partial charge in [-0.05, 0) is 37.1 Å². The Morgan fingerprint density at radius 2 is 1.95 bits per heavy atom. The Labute approximate surface area is 134 Å². The third-order valence-corrected chi connectivity index (χ3v) is 5.61. The number of nitrogens with one attached hydrogen (secondary N) is 2. The molecule has 1 heterocycles. The van der Waals surface area contributed by atoms with E-state index in [9.17, 15) is 8.42 Å². The number of aryl methyl sites for hydroxylation is 2. The molecule has 0 aliphatic carbocycles. The average Bonchev–Trinajstić information content (AvgIpc) is 2.95. The number of rotatable bonds is 6. The minimum Gasteiger partial charge on any atom is -0.495 e. The summed E-state index contributed by atoms with van der Waals surface area (Å²) in [6.45, 7) is 3.92. The van der Waals surface area contributed by atoms with Crippen LogP contribution in [0.3, 0.4) is 0 Å². The van der Waals surface area contributed by atoms with Crippen LogP contribution in [0.2, 0.25) is 0 Å². The Hall–Kier alpha value is -1.64. The second-order valence-corrected chi connectivity index (χ2v) is 7.40. The molecular weight excluding hydrogens is 322 g/mol. The summed E-state index contributed by atoms with van der Waals surface area (Å²) in [5.41, 5.74) is 2.54. The summed E-state index contributed by atoms with van der Waals surface area (Å²) in [5, 5.41) is 5.48. The molecule has 2 rings (SSSR count). The van der Waals surface area contributed by atoms with Crippen LogP contribution >= 0.6 is 11.3 Å². The van der Waals surface area contributed by atoms with Gasteiger partial charge in [-0.1, -0.05) is 0 Å². The molecule has 6 nitrogen and oxygen atoms in total. The van der Waals surface area contributed by atoms with Gasteiger partial charge >= 0.3 is 0 Å². The molecule has 1 aromatic heterocycles. The van der Waals surface area contributed by atoms with Gasteiger partial charge in [0, 0.05) is 12.4 Å². The summed E-state index contributed by atoms with van der Waals surface area (Å²) in [6.07, 6.45) is 0. The van der Waals surface area contributed by atoms with Crippen molar-refractivity contribution >= 4 is 26.5 Å². The molecule has 2 aromatic rings. The number of benzene rings is 1. The van der Waals surface area contributed by atoms with Gasteiger partial charge in [0.1, 0.15) is 10.6 Å². The molecular formula is C14H19N3O3S2. The van der Waals surface area contributed by atoms with Crippen LogP contribution in [0.4, 0.5) is 5.13 Å². The van der Waals surface area contributed by atoms with Crippen molar-refractivity contribution in [2.24, 2.45) is 0 Å². The van der Waals surface area contributed by atoms with Crippen molar-refractivity contribution in [1.29, 1.82) is 0 Å². The number of hydrogen-bond acceptors (Lipinski definition) is 6. The number of hydrogen-bond donors (Lipinski definition) is 2. The zero-order valence-corrected chi connectivity index (χ0v) is 14.6. The van der Waals surface area contributed by atoms with Crippen molar-refractivity contribution in [3.8, 4) is 5.75 Å². The second-order valence-electron chi connectivity index (χ2n) is 4.81. The molecule has 0 unspecified atom stereocenters. The smallest absolute Gasteiger partial charge is 0.244 e. The molecule has 0 aliphatic rings. The van der Waals surface area contributed by atoms with Crippen LogP contribution in [0.15, 0.2) is 22.4 Å². The quantitative estimate of drug-likeness (QED) is 0.843. The molecule has 0 fully saturated rings. The largest absolute Gasteiger partial charge is 0.495 e. The Balaban J connectivity index is 2.24. The summed E-state index contributed by atoms with van der Waals surface area (Å²) in [5.74, 6) is 0.338. The third kappa shape index (κ3) is 3.57. The van der Waals surface area contributed by atoms with Crippen LogP contribution in [0, 0.1) is 13.8 Å². The summed E-state index contributed by atoms with van der Waals surface area (Å²) in [7, 11) is -0.437. The maximum atomic E-state index is 12.5. The number of thiazole rings is 1. The van der Waals surface area contributed by atoms with Crippen LogP contribution in [-0.2, 0) is 16.6 Å². The van der Waals surface area contributed by atoms with E-state index in [4.69, 9.17) is 4.74 Å².